The summed E-state index contributed by atoms with van der Waals surface area (Å²) in [4.78, 5) is 26.7. The summed E-state index contributed by atoms with van der Waals surface area (Å²) >= 11 is 0. The molecule has 0 radical (unpaired) electrons. The van der Waals surface area contributed by atoms with Gasteiger partial charge in [0.1, 0.15) is 24.4 Å². The van der Waals surface area contributed by atoms with Gasteiger partial charge in [-0.2, -0.15) is 0 Å². The number of rotatable bonds is 60. The minimum atomic E-state index is -1.63. The topological polar surface area (TPSA) is 175 Å². The quantitative estimate of drug-likeness (QED) is 0.0195. The van der Waals surface area contributed by atoms with Crippen molar-refractivity contribution in [1.29, 1.82) is 0 Å². The van der Waals surface area contributed by atoms with E-state index in [9.17, 15) is 35.1 Å². The number of nitrogens with one attached hydrogen (secondary N) is 1. The number of esters is 1. The van der Waals surface area contributed by atoms with E-state index in [1.807, 2.05) is 6.08 Å². The molecule has 1 rings (SSSR count). The normalized spacial score (nSPS) is 18.9. The van der Waals surface area contributed by atoms with Crippen LogP contribution in [0, 0.1) is 0 Å². The van der Waals surface area contributed by atoms with Crippen LogP contribution < -0.4 is 5.32 Å². The largest absolute Gasteiger partial charge is 0.454 e. The number of ether oxygens (including phenoxy) is 3. The van der Waals surface area contributed by atoms with Gasteiger partial charge in [0.2, 0.25) is 5.91 Å². The van der Waals surface area contributed by atoms with Crippen LogP contribution in [0.1, 0.15) is 290 Å². The van der Waals surface area contributed by atoms with Crippen LogP contribution in [0.2, 0.25) is 0 Å². The molecule has 11 heteroatoms. The van der Waals surface area contributed by atoms with Crippen LogP contribution in [0.25, 0.3) is 0 Å². The number of carbonyl (C=O) groups excluding carboxylic acids is 2. The summed E-state index contributed by atoms with van der Waals surface area (Å²) in [7, 11) is 0. The molecule has 1 amide bonds. The maximum atomic E-state index is 13.5. The van der Waals surface area contributed by atoms with Gasteiger partial charge < -0.3 is 45.1 Å². The van der Waals surface area contributed by atoms with Gasteiger partial charge in [-0.05, 0) is 116 Å². The molecule has 0 aliphatic carbocycles. The first kappa shape index (κ1) is 82.1. The molecule has 8 unspecified atom stereocenters. The maximum absolute atomic E-state index is 13.5. The molecule has 0 aromatic rings. The van der Waals surface area contributed by atoms with Crippen LogP contribution in [-0.4, -0.2) is 99.6 Å². The maximum Gasteiger partial charge on any atom is 0.306 e. The zero-order valence-corrected chi connectivity index (χ0v) is 56.1. The predicted molar refractivity (Wildman–Crippen MR) is 370 cm³/mol. The Morgan fingerprint density at radius 2 is 0.818 bits per heavy atom. The van der Waals surface area contributed by atoms with E-state index in [2.05, 4.69) is 135 Å². The molecule has 1 aliphatic heterocycles. The second-order valence-electron chi connectivity index (χ2n) is 24.2. The molecule has 1 heterocycles. The van der Waals surface area contributed by atoms with E-state index in [4.69, 9.17) is 14.2 Å². The highest BCUT2D eigenvalue weighted by Gasteiger charge is 2.47. The molecule has 1 fully saturated rings. The van der Waals surface area contributed by atoms with Crippen LogP contribution >= 0.6 is 0 Å². The van der Waals surface area contributed by atoms with Crippen LogP contribution in [0.5, 0.6) is 0 Å². The Bertz CT molecular complexity index is 1900. The van der Waals surface area contributed by atoms with Crippen LogP contribution in [-0.2, 0) is 23.8 Å². The van der Waals surface area contributed by atoms with Crippen molar-refractivity contribution in [1.82, 2.24) is 5.32 Å². The third kappa shape index (κ3) is 49.8. The first-order valence-electron chi connectivity index (χ1n) is 35.8. The van der Waals surface area contributed by atoms with Gasteiger partial charge >= 0.3 is 5.97 Å². The van der Waals surface area contributed by atoms with Gasteiger partial charge in [0.05, 0.1) is 25.4 Å². The summed E-state index contributed by atoms with van der Waals surface area (Å²) in [6.45, 7) is 5.65. The Morgan fingerprint density at radius 1 is 0.455 bits per heavy atom. The number of allylic oxidation sites excluding steroid dienone is 19. The molecule has 0 aromatic heterocycles. The number of unbranched alkanes of at least 4 members (excludes halogenated alkanes) is 28. The molecule has 0 spiro atoms. The predicted octanol–water partition coefficient (Wildman–Crippen LogP) is 18.6. The molecule has 504 valence electrons. The van der Waals surface area contributed by atoms with Gasteiger partial charge in [0, 0.05) is 6.42 Å². The fourth-order valence-corrected chi connectivity index (χ4v) is 10.5. The molecular formula is C77H131NO10. The Morgan fingerprint density at radius 3 is 1.25 bits per heavy atom. The molecule has 11 nitrogen and oxygen atoms in total. The number of aliphatic hydroxyl groups is 5. The fourth-order valence-electron chi connectivity index (χ4n) is 10.5. The minimum Gasteiger partial charge on any atom is -0.454 e. The van der Waals surface area contributed by atoms with Crippen molar-refractivity contribution in [3.05, 3.63) is 122 Å². The van der Waals surface area contributed by atoms with Gasteiger partial charge in [-0.25, -0.2) is 0 Å². The Labute approximate surface area is 538 Å². The first-order valence-corrected chi connectivity index (χ1v) is 35.8. The second kappa shape index (κ2) is 63.2. The highest BCUT2D eigenvalue weighted by atomic mass is 16.7. The number of hydrogen-bond acceptors (Lipinski definition) is 10. The van der Waals surface area contributed by atoms with Crippen molar-refractivity contribution >= 4 is 11.9 Å². The fraction of sp³-hybridized carbons (Fsp3) is 0.714. The monoisotopic (exact) mass is 1230 g/mol. The zero-order valence-electron chi connectivity index (χ0n) is 56.1. The smallest absolute Gasteiger partial charge is 0.306 e. The van der Waals surface area contributed by atoms with E-state index in [1.165, 1.54) is 96.3 Å². The van der Waals surface area contributed by atoms with Crippen molar-refractivity contribution in [3.63, 3.8) is 0 Å². The second-order valence-corrected chi connectivity index (χ2v) is 24.2. The van der Waals surface area contributed by atoms with Crippen molar-refractivity contribution in [2.24, 2.45) is 0 Å². The van der Waals surface area contributed by atoms with E-state index >= 15 is 0 Å². The summed E-state index contributed by atoms with van der Waals surface area (Å²) in [6.07, 6.45) is 78.0. The van der Waals surface area contributed by atoms with Gasteiger partial charge in [-0.15, -0.1) is 0 Å². The molecule has 1 saturated heterocycles. The molecule has 88 heavy (non-hydrogen) atoms. The van der Waals surface area contributed by atoms with Crippen molar-refractivity contribution in [3.8, 4) is 0 Å². The average molecular weight is 1230 g/mol. The number of hydrogen-bond donors (Lipinski definition) is 6. The van der Waals surface area contributed by atoms with Crippen LogP contribution in [0.4, 0.5) is 0 Å². The standard InChI is InChI=1S/C77H131NO10/c1-4-7-10-13-16-19-22-25-27-29-31-33-35-36-37-39-41-43-45-47-50-53-56-59-62-65-72(82)88-75-74(84)73(83)71(66-79)87-77(75)86-67-68(69(80)63-60-57-54-51-48-24-21-18-15-12-9-6-3)78-76(85)70(81)64-61-58-55-52-49-46-44-42-40-38-34-32-30-28-26-23-20-17-14-11-8-5-2/h8,11,16-17,19-20,25-28,31-34,36-37,40,42,60,63,68-71,73-75,77,79-81,83-84H,4-7,9-10,12-15,18,21-24,29-30,35,38-39,41,43-59,61-62,64-67H2,1-3H3,(H,78,85)/b11-8-,19-16-,20-17-,27-25-,28-26-,33-31-,34-32-,37-36-,42-40-,63-60+. The average Bonchev–Trinajstić information content (AvgIpc) is 2.54. The van der Waals surface area contributed by atoms with E-state index in [1.54, 1.807) is 6.08 Å². The molecule has 0 saturated carbocycles. The molecule has 6 N–H and O–H groups in total. The lowest BCUT2D eigenvalue weighted by molar-refractivity contribution is -0.305. The highest BCUT2D eigenvalue weighted by Crippen LogP contribution is 2.26. The molecule has 0 aromatic carbocycles. The van der Waals surface area contributed by atoms with Crippen molar-refractivity contribution in [2.45, 2.75) is 339 Å². The number of amides is 1. The van der Waals surface area contributed by atoms with Crippen LogP contribution in [0.3, 0.4) is 0 Å². The zero-order chi connectivity index (χ0) is 63.9. The number of carbonyl (C=O) groups is 2. The van der Waals surface area contributed by atoms with Gasteiger partial charge in [0.25, 0.3) is 0 Å². The SMILES string of the molecule is CC/C=C\C/C=C\C/C=C\C/C=C\C/C=C\CCCCCCCCC(O)C(=O)NC(COC1OC(CO)C(O)C(O)C1OC(=O)CCCCCCCCCCC/C=C\C/C=C\C/C=C\C/C=C\CCCCC)C(O)/C=C/CCCCCCCCCCCC. The van der Waals surface area contributed by atoms with Gasteiger partial charge in [-0.3, -0.25) is 9.59 Å². The summed E-state index contributed by atoms with van der Waals surface area (Å²) in [6, 6.07) is -1.04. The summed E-state index contributed by atoms with van der Waals surface area (Å²) in [5.74, 6) is -1.22. The summed E-state index contributed by atoms with van der Waals surface area (Å²) < 4.78 is 17.7. The summed E-state index contributed by atoms with van der Waals surface area (Å²) in [5.41, 5.74) is 0. The van der Waals surface area contributed by atoms with E-state index in [-0.39, 0.29) is 19.4 Å². The van der Waals surface area contributed by atoms with E-state index < -0.39 is 67.4 Å². The van der Waals surface area contributed by atoms with E-state index in [0.29, 0.717) is 12.8 Å². The lowest BCUT2D eigenvalue weighted by Gasteiger charge is -2.41. The number of aliphatic hydroxyl groups excluding tert-OH is 5. The van der Waals surface area contributed by atoms with Crippen molar-refractivity contribution in [2.75, 3.05) is 13.2 Å². The summed E-state index contributed by atoms with van der Waals surface area (Å²) in [5, 5.41) is 57.3. The molecule has 1 aliphatic rings. The van der Waals surface area contributed by atoms with Gasteiger partial charge in [-0.1, -0.05) is 290 Å². The third-order valence-corrected chi connectivity index (χ3v) is 16.1. The van der Waals surface area contributed by atoms with E-state index in [0.717, 1.165) is 148 Å². The third-order valence-electron chi connectivity index (χ3n) is 16.1. The van der Waals surface area contributed by atoms with Gasteiger partial charge in [0.15, 0.2) is 12.4 Å². The highest BCUT2D eigenvalue weighted by molar-refractivity contribution is 5.80. The lowest BCUT2D eigenvalue weighted by atomic mass is 9.99. The molecular weight excluding hydrogens is 1100 g/mol. The minimum absolute atomic E-state index is 0.109. The van der Waals surface area contributed by atoms with Crippen molar-refractivity contribution < 1.29 is 49.3 Å². The Hall–Kier alpha value is -3.94. The Kier molecular flexibility index (Phi) is 59.0. The lowest BCUT2D eigenvalue weighted by Crippen LogP contribution is -2.61. The first-order chi connectivity index (χ1) is 43.2. The molecule has 0 bridgehead atoms. The molecule has 8 atom stereocenters. The van der Waals surface area contributed by atoms with Crippen LogP contribution in [0.15, 0.2) is 122 Å². The Balaban J connectivity index is 2.60.